The molecule has 106 valence electrons. The Hall–Kier alpha value is -1.66. The zero-order valence-electron chi connectivity index (χ0n) is 11.1. The number of hydrogen-bond donors (Lipinski definition) is 1. The monoisotopic (exact) mass is 407 g/mol. The second kappa shape index (κ2) is 5.61. The molecule has 0 radical (unpaired) electrons. The van der Waals surface area contributed by atoms with E-state index >= 15 is 0 Å². The van der Waals surface area contributed by atoms with Crippen molar-refractivity contribution in [2.45, 2.75) is 0 Å². The molecule has 0 atom stereocenters. The van der Waals surface area contributed by atoms with Crippen LogP contribution in [-0.2, 0) is 7.05 Å². The second-order valence-electron chi connectivity index (χ2n) is 4.55. The van der Waals surface area contributed by atoms with Crippen LogP contribution in [0, 0.1) is 0 Å². The fraction of sp³-hybridized carbons (Fsp3) is 0.0667. The first kappa shape index (κ1) is 14.3. The van der Waals surface area contributed by atoms with Gasteiger partial charge in [-0.25, -0.2) is 0 Å². The maximum absolute atomic E-state index is 10.3. The minimum Gasteiger partial charge on any atom is -0.493 e. The van der Waals surface area contributed by atoms with Gasteiger partial charge >= 0.3 is 0 Å². The molecule has 4 nitrogen and oxygen atoms in total. The lowest BCUT2D eigenvalue weighted by Crippen LogP contribution is -1.86. The number of nitrogens with zero attached hydrogens (tertiary/aromatic N) is 3. The van der Waals surface area contributed by atoms with Crippen LogP contribution < -0.4 is 0 Å². The average Bonchev–Trinajstić information content (AvgIpc) is 2.70. The number of fused-ring (bicyclic) bond motifs is 1. The highest BCUT2D eigenvalue weighted by molar-refractivity contribution is 9.11. The summed E-state index contributed by atoms with van der Waals surface area (Å²) >= 11 is 6.96. The molecule has 0 fully saturated rings. The van der Waals surface area contributed by atoms with Crippen LogP contribution in [0.5, 0.6) is 5.88 Å². The molecular weight excluding hydrogens is 398 g/mol. The molecule has 1 N–H and O–H groups in total. The van der Waals surface area contributed by atoms with E-state index in [4.69, 9.17) is 0 Å². The smallest absolute Gasteiger partial charge is 0.220 e. The predicted octanol–water partition coefficient (Wildman–Crippen LogP) is 5.82. The topological polar surface area (TPSA) is 49.9 Å². The van der Waals surface area contributed by atoms with Crippen LogP contribution in [0.3, 0.4) is 0 Å². The third kappa shape index (κ3) is 2.61. The summed E-state index contributed by atoms with van der Waals surface area (Å²) in [4.78, 5) is 0. The quantitative estimate of drug-likeness (QED) is 0.533. The van der Waals surface area contributed by atoms with Crippen molar-refractivity contribution in [3.63, 3.8) is 0 Å². The van der Waals surface area contributed by atoms with Gasteiger partial charge in [0.2, 0.25) is 5.88 Å². The molecule has 6 heteroatoms. The van der Waals surface area contributed by atoms with Crippen LogP contribution in [0.25, 0.3) is 10.9 Å². The van der Waals surface area contributed by atoms with Gasteiger partial charge in [0.15, 0.2) is 5.69 Å². The first-order chi connectivity index (χ1) is 10.1. The summed E-state index contributed by atoms with van der Waals surface area (Å²) in [5.41, 5.74) is 2.07. The number of aromatic hydroxyl groups is 1. The molecule has 0 aliphatic heterocycles. The van der Waals surface area contributed by atoms with E-state index in [2.05, 4.69) is 42.1 Å². The van der Waals surface area contributed by atoms with Gasteiger partial charge in [0.25, 0.3) is 0 Å². The third-order valence-corrected chi connectivity index (χ3v) is 4.23. The summed E-state index contributed by atoms with van der Waals surface area (Å²) < 4.78 is 3.47. The van der Waals surface area contributed by atoms with Gasteiger partial charge in [-0.05, 0) is 40.2 Å². The third-order valence-electron chi connectivity index (χ3n) is 3.17. The molecular formula is C15H11Br2N3O. The summed E-state index contributed by atoms with van der Waals surface area (Å²) in [5, 5.41) is 19.5. The lowest BCUT2D eigenvalue weighted by Gasteiger charge is -2.00. The van der Waals surface area contributed by atoms with Gasteiger partial charge in [0, 0.05) is 21.4 Å². The first-order valence-corrected chi connectivity index (χ1v) is 7.79. The van der Waals surface area contributed by atoms with Crippen molar-refractivity contribution in [3.05, 3.63) is 51.4 Å². The molecule has 0 unspecified atom stereocenters. The van der Waals surface area contributed by atoms with E-state index in [1.807, 2.05) is 42.5 Å². The Balaban J connectivity index is 2.19. The Morgan fingerprint density at radius 2 is 1.76 bits per heavy atom. The van der Waals surface area contributed by atoms with Gasteiger partial charge in [-0.3, -0.25) is 0 Å². The maximum atomic E-state index is 10.3. The van der Waals surface area contributed by atoms with Crippen molar-refractivity contribution in [1.29, 1.82) is 0 Å². The van der Waals surface area contributed by atoms with E-state index in [0.29, 0.717) is 5.69 Å². The zero-order valence-corrected chi connectivity index (χ0v) is 14.3. The van der Waals surface area contributed by atoms with Crippen molar-refractivity contribution >= 4 is 54.1 Å². The van der Waals surface area contributed by atoms with E-state index < -0.39 is 0 Å². The van der Waals surface area contributed by atoms with Crippen molar-refractivity contribution in [2.75, 3.05) is 0 Å². The second-order valence-corrected chi connectivity index (χ2v) is 6.32. The van der Waals surface area contributed by atoms with Crippen molar-refractivity contribution < 1.29 is 5.11 Å². The van der Waals surface area contributed by atoms with Gasteiger partial charge in [0.1, 0.15) is 0 Å². The number of rotatable bonds is 2. The van der Waals surface area contributed by atoms with Gasteiger partial charge in [-0.2, -0.15) is 5.11 Å². The summed E-state index contributed by atoms with van der Waals surface area (Å²) in [6.07, 6.45) is 0. The van der Waals surface area contributed by atoms with Crippen LogP contribution >= 0.6 is 31.9 Å². The number of azo groups is 1. The molecule has 0 spiro atoms. The Kier molecular flexibility index (Phi) is 3.82. The van der Waals surface area contributed by atoms with E-state index in [0.717, 1.165) is 25.5 Å². The van der Waals surface area contributed by atoms with Crippen molar-refractivity contribution in [1.82, 2.24) is 4.57 Å². The van der Waals surface area contributed by atoms with Crippen LogP contribution in [-0.4, -0.2) is 9.67 Å². The van der Waals surface area contributed by atoms with Gasteiger partial charge in [-0.1, -0.05) is 34.1 Å². The normalized spacial score (nSPS) is 11.6. The van der Waals surface area contributed by atoms with Crippen LogP contribution in [0.1, 0.15) is 0 Å². The van der Waals surface area contributed by atoms with Gasteiger partial charge < -0.3 is 9.67 Å². The van der Waals surface area contributed by atoms with Crippen molar-refractivity contribution in [3.8, 4) is 5.88 Å². The number of aryl methyl sites for hydroxylation is 1. The molecule has 0 amide bonds. The first-order valence-electron chi connectivity index (χ1n) is 6.21. The number of halogens is 2. The van der Waals surface area contributed by atoms with Crippen molar-refractivity contribution in [2.24, 2.45) is 17.3 Å². The molecule has 1 aromatic heterocycles. The zero-order chi connectivity index (χ0) is 15.0. The highest BCUT2D eigenvalue weighted by Crippen LogP contribution is 2.42. The highest BCUT2D eigenvalue weighted by Gasteiger charge is 2.17. The summed E-state index contributed by atoms with van der Waals surface area (Å²) in [5.74, 6) is 0.0866. The van der Waals surface area contributed by atoms with E-state index in [1.165, 1.54) is 0 Å². The number of hydrogen-bond acceptors (Lipinski definition) is 3. The molecule has 0 aliphatic rings. The lowest BCUT2D eigenvalue weighted by molar-refractivity contribution is 0.436. The fourth-order valence-electron chi connectivity index (χ4n) is 2.17. The van der Waals surface area contributed by atoms with E-state index in [-0.39, 0.29) is 5.88 Å². The van der Waals surface area contributed by atoms with E-state index in [1.54, 1.807) is 11.6 Å². The molecule has 0 bridgehead atoms. The molecule has 2 aromatic carbocycles. The van der Waals surface area contributed by atoms with Gasteiger partial charge in [0.05, 0.1) is 11.2 Å². The molecule has 0 saturated heterocycles. The molecule has 1 heterocycles. The fourth-order valence-corrected chi connectivity index (χ4v) is 3.66. The Bertz CT molecular complexity index is 841. The molecule has 3 aromatic rings. The SMILES string of the molecule is Cn1c(O)c(N=Nc2ccccc2)c2cc(Br)cc(Br)c21. The number of benzene rings is 2. The largest absolute Gasteiger partial charge is 0.493 e. The van der Waals surface area contributed by atoms with Crippen LogP contribution in [0.4, 0.5) is 11.4 Å². The minimum absolute atomic E-state index is 0.0866. The highest BCUT2D eigenvalue weighted by atomic mass is 79.9. The summed E-state index contributed by atoms with van der Waals surface area (Å²) in [6.45, 7) is 0. The van der Waals surface area contributed by atoms with Crippen LogP contribution in [0.15, 0.2) is 61.6 Å². The Labute approximate surface area is 138 Å². The molecule has 21 heavy (non-hydrogen) atoms. The average molecular weight is 409 g/mol. The molecule has 3 rings (SSSR count). The Morgan fingerprint density at radius 3 is 2.48 bits per heavy atom. The molecule has 0 aliphatic carbocycles. The summed E-state index contributed by atoms with van der Waals surface area (Å²) in [7, 11) is 1.79. The molecule has 0 saturated carbocycles. The standard InChI is InChI=1S/C15H11Br2N3O/c1-20-14-11(7-9(16)8-12(14)17)13(15(20)21)19-18-10-5-3-2-4-6-10/h2-8,21H,1H3. The minimum atomic E-state index is 0.0866. The predicted molar refractivity (Wildman–Crippen MR) is 90.6 cm³/mol. The number of aromatic nitrogens is 1. The lowest BCUT2D eigenvalue weighted by atomic mass is 10.2. The van der Waals surface area contributed by atoms with Crippen LogP contribution in [0.2, 0.25) is 0 Å². The summed E-state index contributed by atoms with van der Waals surface area (Å²) in [6, 6.07) is 13.3. The maximum Gasteiger partial charge on any atom is 0.220 e. The van der Waals surface area contributed by atoms with Gasteiger partial charge in [-0.15, -0.1) is 5.11 Å². The van der Waals surface area contributed by atoms with E-state index in [9.17, 15) is 5.11 Å². The Morgan fingerprint density at radius 1 is 1.05 bits per heavy atom.